The fourth-order valence-electron chi connectivity index (χ4n) is 2.87. The molecule has 2 aromatic rings. The normalized spacial score (nSPS) is 15.7. The first-order valence-electron chi connectivity index (χ1n) is 7.99. The molecule has 0 spiro atoms. The van der Waals surface area contributed by atoms with Crippen LogP contribution in [-0.2, 0) is 17.9 Å². The minimum Gasteiger partial charge on any atom is -0.453 e. The van der Waals surface area contributed by atoms with Gasteiger partial charge in [0.15, 0.2) is 5.76 Å². The van der Waals surface area contributed by atoms with Crippen molar-refractivity contribution in [2.45, 2.75) is 13.2 Å². The average molecular weight is 332 g/mol. The summed E-state index contributed by atoms with van der Waals surface area (Å²) in [6.07, 6.45) is 0. The van der Waals surface area contributed by atoms with Crippen molar-refractivity contribution >= 4 is 5.91 Å². The standard InChI is InChI=1S/C18H21FN2O3/c1-23-13-16-5-6-17(24-16)18(22)21-9-7-20(8-10-21)12-14-3-2-4-15(19)11-14/h2-6,11H,7-10,12-13H2,1H3. The van der Waals surface area contributed by atoms with E-state index in [1.54, 1.807) is 36.3 Å². The van der Waals surface area contributed by atoms with Gasteiger partial charge < -0.3 is 14.1 Å². The van der Waals surface area contributed by atoms with E-state index in [1.807, 2.05) is 6.07 Å². The molecule has 1 aromatic carbocycles. The molecule has 0 saturated carbocycles. The number of furan rings is 1. The van der Waals surface area contributed by atoms with Gasteiger partial charge in [0.05, 0.1) is 0 Å². The topological polar surface area (TPSA) is 45.9 Å². The summed E-state index contributed by atoms with van der Waals surface area (Å²) in [5.41, 5.74) is 0.949. The molecule has 5 nitrogen and oxygen atoms in total. The van der Waals surface area contributed by atoms with E-state index in [1.165, 1.54) is 6.07 Å². The highest BCUT2D eigenvalue weighted by atomic mass is 19.1. The van der Waals surface area contributed by atoms with Crippen molar-refractivity contribution in [1.82, 2.24) is 9.80 Å². The van der Waals surface area contributed by atoms with E-state index in [0.717, 1.165) is 18.7 Å². The number of hydrogen-bond donors (Lipinski definition) is 0. The van der Waals surface area contributed by atoms with Crippen LogP contribution in [0, 0.1) is 5.82 Å². The van der Waals surface area contributed by atoms with E-state index in [4.69, 9.17) is 9.15 Å². The Morgan fingerprint density at radius 1 is 1.21 bits per heavy atom. The highest BCUT2D eigenvalue weighted by molar-refractivity contribution is 5.91. The molecule has 2 heterocycles. The van der Waals surface area contributed by atoms with Crippen molar-refractivity contribution in [3.63, 3.8) is 0 Å². The van der Waals surface area contributed by atoms with Crippen LogP contribution in [0.2, 0.25) is 0 Å². The van der Waals surface area contributed by atoms with Crippen molar-refractivity contribution in [2.75, 3.05) is 33.3 Å². The third-order valence-electron chi connectivity index (χ3n) is 4.11. The SMILES string of the molecule is COCc1ccc(C(=O)N2CCN(Cc3cccc(F)c3)CC2)o1. The fraction of sp³-hybridized carbons (Fsp3) is 0.389. The summed E-state index contributed by atoms with van der Waals surface area (Å²) in [5, 5.41) is 0. The Labute approximate surface area is 140 Å². The fourth-order valence-corrected chi connectivity index (χ4v) is 2.87. The summed E-state index contributed by atoms with van der Waals surface area (Å²) in [4.78, 5) is 16.5. The Bertz CT molecular complexity index is 693. The van der Waals surface area contributed by atoms with Crippen LogP contribution in [0.4, 0.5) is 4.39 Å². The first kappa shape index (κ1) is 16.7. The number of rotatable bonds is 5. The maximum absolute atomic E-state index is 13.2. The van der Waals surface area contributed by atoms with Gasteiger partial charge in [-0.15, -0.1) is 0 Å². The van der Waals surface area contributed by atoms with E-state index in [2.05, 4.69) is 4.90 Å². The van der Waals surface area contributed by atoms with Gasteiger partial charge in [0.1, 0.15) is 18.2 Å². The Kier molecular flexibility index (Phi) is 5.27. The van der Waals surface area contributed by atoms with Crippen LogP contribution in [0.3, 0.4) is 0 Å². The number of hydrogen-bond acceptors (Lipinski definition) is 4. The van der Waals surface area contributed by atoms with Crippen LogP contribution in [0.5, 0.6) is 0 Å². The molecule has 1 aliphatic rings. The highest BCUT2D eigenvalue weighted by Crippen LogP contribution is 2.15. The van der Waals surface area contributed by atoms with Crippen LogP contribution >= 0.6 is 0 Å². The highest BCUT2D eigenvalue weighted by Gasteiger charge is 2.24. The van der Waals surface area contributed by atoms with Crippen molar-refractivity contribution in [3.05, 3.63) is 59.3 Å². The lowest BCUT2D eigenvalue weighted by molar-refractivity contribution is 0.0591. The Morgan fingerprint density at radius 2 is 2.00 bits per heavy atom. The van der Waals surface area contributed by atoms with Crippen LogP contribution in [-0.4, -0.2) is 49.0 Å². The quantitative estimate of drug-likeness (QED) is 0.844. The van der Waals surface area contributed by atoms with E-state index in [9.17, 15) is 9.18 Å². The molecule has 1 aliphatic heterocycles. The summed E-state index contributed by atoms with van der Waals surface area (Å²) in [5.74, 6) is 0.681. The molecule has 0 atom stereocenters. The second-order valence-electron chi connectivity index (χ2n) is 5.90. The molecule has 128 valence electrons. The number of carbonyl (C=O) groups excluding carboxylic acids is 1. The number of benzene rings is 1. The third-order valence-corrected chi connectivity index (χ3v) is 4.11. The van der Waals surface area contributed by atoms with Crippen LogP contribution in [0.25, 0.3) is 0 Å². The monoisotopic (exact) mass is 332 g/mol. The molecule has 1 amide bonds. The van der Waals surface area contributed by atoms with Crippen molar-refractivity contribution in [1.29, 1.82) is 0 Å². The van der Waals surface area contributed by atoms with Gasteiger partial charge in [0.25, 0.3) is 5.91 Å². The Morgan fingerprint density at radius 3 is 2.71 bits per heavy atom. The predicted octanol–water partition coefficient (Wildman–Crippen LogP) is 2.52. The van der Waals surface area contributed by atoms with Gasteiger partial charge in [-0.05, 0) is 29.8 Å². The summed E-state index contributed by atoms with van der Waals surface area (Å²) < 4.78 is 23.7. The second kappa shape index (κ2) is 7.59. The minimum absolute atomic E-state index is 0.0947. The maximum atomic E-state index is 13.2. The number of amides is 1. The molecule has 3 rings (SSSR count). The first-order chi connectivity index (χ1) is 11.7. The van der Waals surface area contributed by atoms with E-state index in [-0.39, 0.29) is 11.7 Å². The lowest BCUT2D eigenvalue weighted by Crippen LogP contribution is -2.48. The van der Waals surface area contributed by atoms with Gasteiger partial charge in [-0.25, -0.2) is 4.39 Å². The molecule has 0 aliphatic carbocycles. The zero-order chi connectivity index (χ0) is 16.9. The summed E-state index contributed by atoms with van der Waals surface area (Å²) in [7, 11) is 1.59. The predicted molar refractivity (Wildman–Crippen MR) is 87.0 cm³/mol. The van der Waals surface area contributed by atoms with E-state index in [0.29, 0.717) is 37.8 Å². The van der Waals surface area contributed by atoms with Crippen LogP contribution in [0.1, 0.15) is 21.9 Å². The Hall–Kier alpha value is -2.18. The number of piperazine rings is 1. The van der Waals surface area contributed by atoms with E-state index < -0.39 is 0 Å². The number of methoxy groups -OCH3 is 1. The van der Waals surface area contributed by atoms with Crippen molar-refractivity contribution in [3.8, 4) is 0 Å². The number of halogens is 1. The smallest absolute Gasteiger partial charge is 0.289 e. The number of carbonyl (C=O) groups is 1. The molecular weight excluding hydrogens is 311 g/mol. The molecule has 1 saturated heterocycles. The second-order valence-corrected chi connectivity index (χ2v) is 5.90. The number of ether oxygens (including phenoxy) is 1. The van der Waals surface area contributed by atoms with E-state index >= 15 is 0 Å². The van der Waals surface area contributed by atoms with Gasteiger partial charge in [0, 0.05) is 39.8 Å². The molecule has 0 N–H and O–H groups in total. The molecule has 1 aromatic heterocycles. The van der Waals surface area contributed by atoms with Gasteiger partial charge >= 0.3 is 0 Å². The first-order valence-corrected chi connectivity index (χ1v) is 7.99. The molecule has 0 bridgehead atoms. The maximum Gasteiger partial charge on any atom is 0.289 e. The number of nitrogens with zero attached hydrogens (tertiary/aromatic N) is 2. The lowest BCUT2D eigenvalue weighted by atomic mass is 10.2. The summed E-state index contributed by atoms with van der Waals surface area (Å²) in [6.45, 7) is 3.83. The molecule has 1 fully saturated rings. The molecule has 0 unspecified atom stereocenters. The van der Waals surface area contributed by atoms with Gasteiger partial charge in [0.2, 0.25) is 0 Å². The summed E-state index contributed by atoms with van der Waals surface area (Å²) in [6, 6.07) is 10.1. The van der Waals surface area contributed by atoms with Gasteiger partial charge in [-0.3, -0.25) is 9.69 Å². The minimum atomic E-state index is -0.217. The zero-order valence-electron chi connectivity index (χ0n) is 13.7. The molecular formula is C18H21FN2O3. The third kappa shape index (κ3) is 4.01. The van der Waals surface area contributed by atoms with Gasteiger partial charge in [-0.2, -0.15) is 0 Å². The van der Waals surface area contributed by atoms with Gasteiger partial charge in [-0.1, -0.05) is 12.1 Å². The van der Waals surface area contributed by atoms with Crippen molar-refractivity contribution in [2.24, 2.45) is 0 Å². The molecule has 6 heteroatoms. The summed E-state index contributed by atoms with van der Waals surface area (Å²) >= 11 is 0. The molecule has 24 heavy (non-hydrogen) atoms. The zero-order valence-corrected chi connectivity index (χ0v) is 13.7. The lowest BCUT2D eigenvalue weighted by Gasteiger charge is -2.34. The largest absolute Gasteiger partial charge is 0.453 e. The molecule has 0 radical (unpaired) electrons. The van der Waals surface area contributed by atoms with Crippen molar-refractivity contribution < 1.29 is 18.3 Å². The van der Waals surface area contributed by atoms with Crippen LogP contribution in [0.15, 0.2) is 40.8 Å². The van der Waals surface area contributed by atoms with Crippen LogP contribution < -0.4 is 0 Å². The Balaban J connectivity index is 1.53. The average Bonchev–Trinajstić information content (AvgIpc) is 3.04.